The van der Waals surface area contributed by atoms with Gasteiger partial charge in [0, 0.05) is 4.88 Å². The van der Waals surface area contributed by atoms with Crippen molar-refractivity contribution in [3.8, 4) is 0 Å². The Bertz CT molecular complexity index is 1360. The fraction of sp³-hybridized carbons (Fsp3) is 0.333. The number of anilines is 2. The maximum Gasteiger partial charge on any atom is 0.341 e. The highest BCUT2D eigenvalue weighted by Gasteiger charge is 2.30. The second-order valence-corrected chi connectivity index (χ2v) is 11.8. The number of aryl methyl sites for hydroxylation is 3. The Morgan fingerprint density at radius 2 is 1.58 bits per heavy atom. The second kappa shape index (κ2) is 10.8. The average molecular weight is 527 g/mol. The van der Waals surface area contributed by atoms with Crippen LogP contribution in [0.5, 0.6) is 0 Å². The van der Waals surface area contributed by atoms with Gasteiger partial charge in [-0.1, -0.05) is 35.4 Å². The summed E-state index contributed by atoms with van der Waals surface area (Å²) in [5.74, 6) is -0.995. The third-order valence-electron chi connectivity index (χ3n) is 6.12. The Morgan fingerprint density at radius 3 is 2.22 bits per heavy atom. The van der Waals surface area contributed by atoms with E-state index in [9.17, 15) is 18.0 Å². The molecule has 0 atom stereocenters. The van der Waals surface area contributed by atoms with Gasteiger partial charge < -0.3 is 10.1 Å². The van der Waals surface area contributed by atoms with Gasteiger partial charge in [0.15, 0.2) is 0 Å². The van der Waals surface area contributed by atoms with Gasteiger partial charge in [-0.2, -0.15) is 0 Å². The van der Waals surface area contributed by atoms with Crippen molar-refractivity contribution in [2.75, 3.05) is 22.8 Å². The Morgan fingerprint density at radius 1 is 0.972 bits per heavy atom. The molecule has 36 heavy (non-hydrogen) atoms. The molecule has 0 radical (unpaired) electrons. The van der Waals surface area contributed by atoms with Crippen LogP contribution in [0.2, 0.25) is 0 Å². The minimum atomic E-state index is -4.02. The van der Waals surface area contributed by atoms with Crippen LogP contribution in [0.3, 0.4) is 0 Å². The Balaban J connectivity index is 1.67. The predicted octanol–water partition coefficient (Wildman–Crippen LogP) is 5.25. The molecule has 0 saturated carbocycles. The van der Waals surface area contributed by atoms with E-state index in [2.05, 4.69) is 5.32 Å². The Labute approximate surface area is 216 Å². The molecule has 0 aliphatic heterocycles. The van der Waals surface area contributed by atoms with E-state index >= 15 is 0 Å². The summed E-state index contributed by atoms with van der Waals surface area (Å²) in [5.41, 5.74) is 3.61. The summed E-state index contributed by atoms with van der Waals surface area (Å²) in [7, 11) is -4.02. The Hall–Kier alpha value is -3.17. The van der Waals surface area contributed by atoms with Crippen LogP contribution in [0.25, 0.3) is 0 Å². The molecular formula is C27H30N2O5S2. The molecular weight excluding hydrogens is 496 g/mol. The fourth-order valence-electron chi connectivity index (χ4n) is 4.23. The van der Waals surface area contributed by atoms with Gasteiger partial charge in [-0.3, -0.25) is 9.10 Å². The van der Waals surface area contributed by atoms with Crippen molar-refractivity contribution in [3.63, 3.8) is 0 Å². The van der Waals surface area contributed by atoms with E-state index in [1.165, 1.54) is 23.5 Å². The van der Waals surface area contributed by atoms with E-state index < -0.39 is 28.4 Å². The van der Waals surface area contributed by atoms with Gasteiger partial charge in [0.25, 0.3) is 10.0 Å². The van der Waals surface area contributed by atoms with Crippen molar-refractivity contribution in [1.29, 1.82) is 0 Å². The standard InChI is InChI=1S/C27H30N2O5S2/c1-4-34-27(31)25-22-7-5-6-8-23(22)35-26(25)28-24(30)17-29(20-13-9-18(2)10-14-20)36(32,33)21-15-11-19(3)12-16-21/h9-16H,4-8,17H2,1-3H3,(H,28,30). The zero-order valence-corrected chi connectivity index (χ0v) is 22.3. The second-order valence-electron chi connectivity index (χ2n) is 8.84. The number of ether oxygens (including phenoxy) is 1. The molecule has 0 unspecified atom stereocenters. The number of benzene rings is 2. The van der Waals surface area contributed by atoms with Crippen LogP contribution in [-0.4, -0.2) is 33.4 Å². The maximum atomic E-state index is 13.6. The first kappa shape index (κ1) is 25.9. The lowest BCUT2D eigenvalue weighted by Crippen LogP contribution is -2.38. The summed E-state index contributed by atoms with van der Waals surface area (Å²) in [6, 6.07) is 13.5. The van der Waals surface area contributed by atoms with Crippen molar-refractivity contribution in [2.45, 2.75) is 51.3 Å². The zero-order chi connectivity index (χ0) is 25.9. The van der Waals surface area contributed by atoms with E-state index in [0.717, 1.165) is 51.6 Å². The lowest BCUT2D eigenvalue weighted by atomic mass is 9.95. The van der Waals surface area contributed by atoms with Gasteiger partial charge in [0.05, 0.1) is 22.8 Å². The number of hydrogen-bond donors (Lipinski definition) is 1. The SMILES string of the molecule is CCOC(=O)c1c(NC(=O)CN(c2ccc(C)cc2)S(=O)(=O)c2ccc(C)cc2)sc2c1CCCC2. The number of hydrogen-bond acceptors (Lipinski definition) is 6. The molecule has 9 heteroatoms. The number of carbonyl (C=O) groups is 2. The summed E-state index contributed by atoms with van der Waals surface area (Å²) < 4.78 is 33.6. The lowest BCUT2D eigenvalue weighted by Gasteiger charge is -2.24. The largest absolute Gasteiger partial charge is 0.462 e. The van der Waals surface area contributed by atoms with Gasteiger partial charge in [-0.15, -0.1) is 11.3 Å². The van der Waals surface area contributed by atoms with Crippen molar-refractivity contribution in [3.05, 3.63) is 75.7 Å². The van der Waals surface area contributed by atoms with Crippen LogP contribution >= 0.6 is 11.3 Å². The first-order valence-corrected chi connectivity index (χ1v) is 14.2. The summed E-state index contributed by atoms with van der Waals surface area (Å²) in [5, 5.41) is 3.24. The third-order valence-corrected chi connectivity index (χ3v) is 9.12. The minimum absolute atomic E-state index is 0.0975. The van der Waals surface area contributed by atoms with Crippen LogP contribution in [0, 0.1) is 13.8 Å². The van der Waals surface area contributed by atoms with E-state index in [1.54, 1.807) is 43.3 Å². The van der Waals surface area contributed by atoms with E-state index in [4.69, 9.17) is 4.74 Å². The number of fused-ring (bicyclic) bond motifs is 1. The molecule has 3 aromatic rings. The van der Waals surface area contributed by atoms with Crippen LogP contribution in [0.4, 0.5) is 10.7 Å². The molecule has 0 saturated heterocycles. The number of rotatable bonds is 8. The van der Waals surface area contributed by atoms with Crippen molar-refractivity contribution >= 4 is 43.9 Å². The molecule has 0 bridgehead atoms. The van der Waals surface area contributed by atoms with Crippen LogP contribution in [-0.2, 0) is 32.4 Å². The lowest BCUT2D eigenvalue weighted by molar-refractivity contribution is -0.114. The van der Waals surface area contributed by atoms with Crippen molar-refractivity contribution in [1.82, 2.24) is 0 Å². The zero-order valence-electron chi connectivity index (χ0n) is 20.7. The molecule has 7 nitrogen and oxygen atoms in total. The number of sulfonamides is 1. The smallest absolute Gasteiger partial charge is 0.341 e. The predicted molar refractivity (Wildman–Crippen MR) is 142 cm³/mol. The third kappa shape index (κ3) is 5.47. The highest BCUT2D eigenvalue weighted by atomic mass is 32.2. The quantitative estimate of drug-likeness (QED) is 0.405. The summed E-state index contributed by atoms with van der Waals surface area (Å²) in [6.45, 7) is 5.31. The van der Waals surface area contributed by atoms with E-state index in [1.807, 2.05) is 13.8 Å². The first-order chi connectivity index (χ1) is 17.2. The van der Waals surface area contributed by atoms with Crippen LogP contribution in [0.15, 0.2) is 53.4 Å². The monoisotopic (exact) mass is 526 g/mol. The maximum absolute atomic E-state index is 13.6. The van der Waals surface area contributed by atoms with Gasteiger partial charge in [0.2, 0.25) is 5.91 Å². The molecule has 190 valence electrons. The number of thiophene rings is 1. The summed E-state index contributed by atoms with van der Waals surface area (Å²) >= 11 is 1.37. The number of nitrogens with one attached hydrogen (secondary N) is 1. The topological polar surface area (TPSA) is 92.8 Å². The number of esters is 1. The molecule has 1 aliphatic carbocycles. The van der Waals surface area contributed by atoms with Gasteiger partial charge >= 0.3 is 5.97 Å². The first-order valence-electron chi connectivity index (χ1n) is 12.0. The number of carbonyl (C=O) groups excluding carboxylic acids is 2. The molecule has 0 spiro atoms. The number of nitrogens with zero attached hydrogens (tertiary/aromatic N) is 1. The molecule has 1 heterocycles. The van der Waals surface area contributed by atoms with Gasteiger partial charge in [-0.05, 0) is 76.3 Å². The summed E-state index contributed by atoms with van der Waals surface area (Å²) in [4.78, 5) is 27.2. The normalized spacial score (nSPS) is 13.1. The van der Waals surface area contributed by atoms with E-state index in [-0.39, 0.29) is 11.5 Å². The molecule has 4 rings (SSSR count). The van der Waals surface area contributed by atoms with Crippen molar-refractivity contribution < 1.29 is 22.7 Å². The molecule has 2 aromatic carbocycles. The highest BCUT2D eigenvalue weighted by Crippen LogP contribution is 2.38. The highest BCUT2D eigenvalue weighted by molar-refractivity contribution is 7.92. The van der Waals surface area contributed by atoms with Gasteiger partial charge in [0.1, 0.15) is 11.5 Å². The van der Waals surface area contributed by atoms with Crippen LogP contribution in [0.1, 0.15) is 51.7 Å². The molecule has 1 N–H and O–H groups in total. The van der Waals surface area contributed by atoms with Crippen molar-refractivity contribution in [2.24, 2.45) is 0 Å². The average Bonchev–Trinajstić information content (AvgIpc) is 3.21. The fourth-order valence-corrected chi connectivity index (χ4v) is 6.95. The minimum Gasteiger partial charge on any atom is -0.462 e. The number of amides is 1. The molecule has 1 aliphatic rings. The molecule has 0 fully saturated rings. The van der Waals surface area contributed by atoms with Gasteiger partial charge in [-0.25, -0.2) is 13.2 Å². The van der Waals surface area contributed by atoms with Crippen LogP contribution < -0.4 is 9.62 Å². The molecule has 1 aromatic heterocycles. The Kier molecular flexibility index (Phi) is 7.80. The summed E-state index contributed by atoms with van der Waals surface area (Å²) in [6.07, 6.45) is 3.60. The van der Waals surface area contributed by atoms with E-state index in [0.29, 0.717) is 16.3 Å². The molecule has 1 amide bonds.